The van der Waals surface area contributed by atoms with Crippen LogP contribution < -0.4 is 5.32 Å². The molecule has 2 heterocycles. The molecular formula is C13H23N3S. The van der Waals surface area contributed by atoms with Crippen molar-refractivity contribution in [3.63, 3.8) is 0 Å². The van der Waals surface area contributed by atoms with E-state index < -0.39 is 0 Å². The highest BCUT2D eigenvalue weighted by Crippen LogP contribution is 2.28. The topological polar surface area (TPSA) is 29.9 Å². The van der Waals surface area contributed by atoms with Crippen LogP contribution in [0.2, 0.25) is 0 Å². The van der Waals surface area contributed by atoms with Crippen LogP contribution in [-0.2, 0) is 13.5 Å². The summed E-state index contributed by atoms with van der Waals surface area (Å²) < 4.78 is 1.89. The molecule has 1 saturated heterocycles. The molecule has 0 saturated carbocycles. The number of aromatic nitrogens is 2. The third-order valence-electron chi connectivity index (χ3n) is 3.42. The Morgan fingerprint density at radius 2 is 2.41 bits per heavy atom. The van der Waals surface area contributed by atoms with Crippen LogP contribution >= 0.6 is 11.8 Å². The van der Waals surface area contributed by atoms with Gasteiger partial charge in [-0.3, -0.25) is 4.68 Å². The van der Waals surface area contributed by atoms with E-state index in [-0.39, 0.29) is 0 Å². The first kappa shape index (κ1) is 13.0. The highest BCUT2D eigenvalue weighted by atomic mass is 32.2. The maximum atomic E-state index is 4.23. The quantitative estimate of drug-likeness (QED) is 0.842. The third kappa shape index (κ3) is 3.75. The lowest BCUT2D eigenvalue weighted by Gasteiger charge is -2.19. The molecule has 1 N–H and O–H groups in total. The number of aryl methyl sites for hydroxylation is 2. The zero-order valence-electron chi connectivity index (χ0n) is 10.9. The van der Waals surface area contributed by atoms with E-state index in [9.17, 15) is 0 Å². The maximum absolute atomic E-state index is 4.23. The minimum Gasteiger partial charge on any atom is -0.313 e. The van der Waals surface area contributed by atoms with Gasteiger partial charge in [-0.25, -0.2) is 0 Å². The number of hydrogen-bond acceptors (Lipinski definition) is 3. The largest absolute Gasteiger partial charge is 0.313 e. The summed E-state index contributed by atoms with van der Waals surface area (Å²) in [4.78, 5) is 0. The second-order valence-corrected chi connectivity index (χ2v) is 5.99. The number of nitrogens with zero attached hydrogens (tertiary/aromatic N) is 2. The number of nitrogens with one attached hydrogen (secondary N) is 1. The van der Waals surface area contributed by atoms with Crippen molar-refractivity contribution in [2.45, 2.75) is 32.2 Å². The molecule has 1 aliphatic heterocycles. The second kappa shape index (κ2) is 6.45. The van der Waals surface area contributed by atoms with Crippen LogP contribution in [0.15, 0.2) is 12.4 Å². The lowest BCUT2D eigenvalue weighted by atomic mass is 9.96. The molecular weight excluding hydrogens is 230 g/mol. The van der Waals surface area contributed by atoms with Crippen molar-refractivity contribution in [2.75, 3.05) is 18.1 Å². The van der Waals surface area contributed by atoms with Crippen LogP contribution in [0.5, 0.6) is 0 Å². The van der Waals surface area contributed by atoms with Gasteiger partial charge in [0, 0.05) is 25.0 Å². The Morgan fingerprint density at radius 1 is 1.53 bits per heavy atom. The summed E-state index contributed by atoms with van der Waals surface area (Å²) in [6, 6.07) is 0.733. The standard InChI is InChI=1S/C13H23N3S/c1-3-6-14-13-10-17-9-12(13)5-4-11-7-15-16(2)8-11/h7-8,12-14H,3-6,9-10H2,1-2H3. The minimum atomic E-state index is 0.733. The Labute approximate surface area is 108 Å². The predicted octanol–water partition coefficient (Wildman–Crippen LogP) is 2.08. The van der Waals surface area contributed by atoms with Gasteiger partial charge < -0.3 is 5.32 Å². The Morgan fingerprint density at radius 3 is 3.12 bits per heavy atom. The zero-order chi connectivity index (χ0) is 12.1. The van der Waals surface area contributed by atoms with Gasteiger partial charge in [0.05, 0.1) is 6.20 Å². The summed E-state index contributed by atoms with van der Waals surface area (Å²) in [5, 5.41) is 7.91. The van der Waals surface area contributed by atoms with Crippen LogP contribution in [-0.4, -0.2) is 33.9 Å². The van der Waals surface area contributed by atoms with E-state index in [0.717, 1.165) is 18.5 Å². The number of rotatable bonds is 6. The summed E-state index contributed by atoms with van der Waals surface area (Å²) in [5.41, 5.74) is 1.37. The fraction of sp³-hybridized carbons (Fsp3) is 0.769. The second-order valence-electron chi connectivity index (χ2n) is 4.92. The summed E-state index contributed by atoms with van der Waals surface area (Å²) >= 11 is 2.10. The maximum Gasteiger partial charge on any atom is 0.0521 e. The number of hydrogen-bond donors (Lipinski definition) is 1. The van der Waals surface area contributed by atoms with Gasteiger partial charge in [-0.05, 0) is 43.0 Å². The summed E-state index contributed by atoms with van der Waals surface area (Å²) in [6.45, 7) is 3.40. The van der Waals surface area contributed by atoms with Gasteiger partial charge in [-0.15, -0.1) is 0 Å². The van der Waals surface area contributed by atoms with Gasteiger partial charge in [-0.2, -0.15) is 16.9 Å². The molecule has 0 spiro atoms. The van der Waals surface area contributed by atoms with Crippen LogP contribution in [0, 0.1) is 5.92 Å². The fourth-order valence-electron chi connectivity index (χ4n) is 2.39. The van der Waals surface area contributed by atoms with E-state index >= 15 is 0 Å². The summed E-state index contributed by atoms with van der Waals surface area (Å²) in [7, 11) is 1.99. The first-order chi connectivity index (χ1) is 8.29. The van der Waals surface area contributed by atoms with Gasteiger partial charge in [-0.1, -0.05) is 6.92 Å². The first-order valence-corrected chi connectivity index (χ1v) is 7.73. The smallest absolute Gasteiger partial charge is 0.0521 e. The van der Waals surface area contributed by atoms with E-state index in [1.165, 1.54) is 36.3 Å². The lowest BCUT2D eigenvalue weighted by molar-refractivity contribution is 0.405. The van der Waals surface area contributed by atoms with Crippen molar-refractivity contribution in [1.29, 1.82) is 0 Å². The summed E-state index contributed by atoms with van der Waals surface area (Å²) in [5.74, 6) is 3.45. The molecule has 4 heteroatoms. The van der Waals surface area contributed by atoms with Gasteiger partial charge >= 0.3 is 0 Å². The van der Waals surface area contributed by atoms with Crippen LogP contribution in [0.25, 0.3) is 0 Å². The Hall–Kier alpha value is -0.480. The van der Waals surface area contributed by atoms with Gasteiger partial charge in [0.15, 0.2) is 0 Å². The average molecular weight is 253 g/mol. The van der Waals surface area contributed by atoms with Crippen molar-refractivity contribution in [1.82, 2.24) is 15.1 Å². The first-order valence-electron chi connectivity index (χ1n) is 6.58. The van der Waals surface area contributed by atoms with Gasteiger partial charge in [0.1, 0.15) is 0 Å². The van der Waals surface area contributed by atoms with Crippen molar-refractivity contribution >= 4 is 11.8 Å². The van der Waals surface area contributed by atoms with Crippen LogP contribution in [0.4, 0.5) is 0 Å². The molecule has 2 rings (SSSR count). The fourth-order valence-corrected chi connectivity index (χ4v) is 3.87. The Balaban J connectivity index is 1.77. The average Bonchev–Trinajstić information content (AvgIpc) is 2.92. The van der Waals surface area contributed by atoms with Gasteiger partial charge in [0.25, 0.3) is 0 Å². The number of thioether (sulfide) groups is 1. The zero-order valence-corrected chi connectivity index (χ0v) is 11.7. The minimum absolute atomic E-state index is 0.733. The van der Waals surface area contributed by atoms with E-state index in [2.05, 4.69) is 35.3 Å². The molecule has 1 aromatic rings. The lowest BCUT2D eigenvalue weighted by Crippen LogP contribution is -2.36. The molecule has 0 bridgehead atoms. The molecule has 96 valence electrons. The molecule has 2 unspecified atom stereocenters. The SMILES string of the molecule is CCCNC1CSCC1CCc1cnn(C)c1. The van der Waals surface area contributed by atoms with E-state index in [1.807, 2.05) is 17.9 Å². The highest BCUT2D eigenvalue weighted by molar-refractivity contribution is 7.99. The van der Waals surface area contributed by atoms with Gasteiger partial charge in [0.2, 0.25) is 0 Å². The third-order valence-corrected chi connectivity index (χ3v) is 4.68. The molecule has 0 radical (unpaired) electrons. The van der Waals surface area contributed by atoms with Crippen LogP contribution in [0.1, 0.15) is 25.3 Å². The van der Waals surface area contributed by atoms with Crippen molar-refractivity contribution in [3.05, 3.63) is 18.0 Å². The molecule has 2 atom stereocenters. The molecule has 0 aromatic carbocycles. The van der Waals surface area contributed by atoms with Crippen molar-refractivity contribution < 1.29 is 0 Å². The molecule has 17 heavy (non-hydrogen) atoms. The van der Waals surface area contributed by atoms with E-state index in [4.69, 9.17) is 0 Å². The monoisotopic (exact) mass is 253 g/mol. The normalized spacial score (nSPS) is 24.4. The Bertz CT molecular complexity index is 337. The van der Waals surface area contributed by atoms with Crippen molar-refractivity contribution in [2.24, 2.45) is 13.0 Å². The van der Waals surface area contributed by atoms with E-state index in [1.54, 1.807) is 0 Å². The Kier molecular flexibility index (Phi) is 4.92. The highest BCUT2D eigenvalue weighted by Gasteiger charge is 2.26. The molecule has 1 fully saturated rings. The molecule has 3 nitrogen and oxygen atoms in total. The predicted molar refractivity (Wildman–Crippen MR) is 74.4 cm³/mol. The molecule has 0 aliphatic carbocycles. The van der Waals surface area contributed by atoms with Crippen molar-refractivity contribution in [3.8, 4) is 0 Å². The molecule has 1 aromatic heterocycles. The summed E-state index contributed by atoms with van der Waals surface area (Å²) in [6.07, 6.45) is 7.83. The molecule has 1 aliphatic rings. The molecule has 0 amide bonds. The van der Waals surface area contributed by atoms with Crippen LogP contribution in [0.3, 0.4) is 0 Å². The van der Waals surface area contributed by atoms with E-state index in [0.29, 0.717) is 0 Å².